The molecule has 0 spiro atoms. The summed E-state index contributed by atoms with van der Waals surface area (Å²) in [5.41, 5.74) is 8.61. The summed E-state index contributed by atoms with van der Waals surface area (Å²) in [6, 6.07) is 15.7. The Labute approximate surface area is 129 Å². The number of carbonyl (C=O) groups is 1. The van der Waals surface area contributed by atoms with Gasteiger partial charge in [-0.15, -0.1) is 11.8 Å². The van der Waals surface area contributed by atoms with Crippen molar-refractivity contribution in [1.29, 1.82) is 0 Å². The van der Waals surface area contributed by atoms with Crippen molar-refractivity contribution >= 4 is 29.0 Å². The van der Waals surface area contributed by atoms with Crippen LogP contribution in [-0.4, -0.2) is 17.7 Å². The number of nitrogens with zero attached hydrogens (tertiary/aromatic N) is 1. The number of fused-ring (bicyclic) bond motifs is 1. The van der Waals surface area contributed by atoms with Gasteiger partial charge in [0.1, 0.15) is 0 Å². The van der Waals surface area contributed by atoms with Crippen molar-refractivity contribution in [3.05, 3.63) is 54.1 Å². The molecule has 3 rings (SSSR count). The van der Waals surface area contributed by atoms with E-state index in [0.29, 0.717) is 12.2 Å². The molecule has 4 heteroatoms. The van der Waals surface area contributed by atoms with Crippen LogP contribution in [0.1, 0.15) is 12.5 Å². The first-order valence-corrected chi connectivity index (χ1v) is 7.98. The lowest BCUT2D eigenvalue weighted by Crippen LogP contribution is -2.37. The summed E-state index contributed by atoms with van der Waals surface area (Å²) in [4.78, 5) is 15.9. The number of amides is 1. The van der Waals surface area contributed by atoms with Crippen molar-refractivity contribution in [2.75, 3.05) is 17.2 Å². The Morgan fingerprint density at radius 1 is 1.24 bits per heavy atom. The molecule has 0 bridgehead atoms. The third kappa shape index (κ3) is 2.76. The van der Waals surface area contributed by atoms with E-state index in [1.165, 1.54) is 10.5 Å². The van der Waals surface area contributed by atoms with Gasteiger partial charge in [-0.2, -0.15) is 0 Å². The Kier molecular flexibility index (Phi) is 3.88. The van der Waals surface area contributed by atoms with Gasteiger partial charge in [0.25, 0.3) is 0 Å². The Morgan fingerprint density at radius 3 is 2.62 bits per heavy atom. The van der Waals surface area contributed by atoms with Crippen LogP contribution in [0.15, 0.2) is 53.4 Å². The van der Waals surface area contributed by atoms with Gasteiger partial charge in [0, 0.05) is 22.8 Å². The lowest BCUT2D eigenvalue weighted by molar-refractivity contribution is -0.118. The van der Waals surface area contributed by atoms with Crippen LogP contribution in [0, 0.1) is 0 Å². The molecule has 0 saturated carbocycles. The van der Waals surface area contributed by atoms with Crippen molar-refractivity contribution in [1.82, 2.24) is 0 Å². The number of thioether (sulfide) groups is 1. The standard InChI is InChI=1S/C17H18N2OS/c1-2-19(14-9-7-13(18)8-10-14)17(20)16-11-12-5-3-4-6-15(12)21-16/h3-10,16H,2,11,18H2,1H3. The summed E-state index contributed by atoms with van der Waals surface area (Å²) in [7, 11) is 0. The molecule has 1 heterocycles. The van der Waals surface area contributed by atoms with Crippen LogP contribution >= 0.6 is 11.8 Å². The minimum atomic E-state index is -0.0279. The summed E-state index contributed by atoms with van der Waals surface area (Å²) in [5, 5.41) is -0.0279. The number of rotatable bonds is 3. The molecule has 1 amide bonds. The van der Waals surface area contributed by atoms with Gasteiger partial charge in [-0.1, -0.05) is 18.2 Å². The van der Waals surface area contributed by atoms with Crippen LogP contribution in [-0.2, 0) is 11.2 Å². The van der Waals surface area contributed by atoms with Crippen LogP contribution in [0.25, 0.3) is 0 Å². The number of benzene rings is 2. The van der Waals surface area contributed by atoms with E-state index in [1.54, 1.807) is 11.8 Å². The number of hydrogen-bond acceptors (Lipinski definition) is 3. The van der Waals surface area contributed by atoms with E-state index in [4.69, 9.17) is 5.73 Å². The molecule has 3 nitrogen and oxygen atoms in total. The summed E-state index contributed by atoms with van der Waals surface area (Å²) < 4.78 is 0. The largest absolute Gasteiger partial charge is 0.399 e. The van der Waals surface area contributed by atoms with Crippen molar-refractivity contribution in [2.24, 2.45) is 0 Å². The second-order valence-corrected chi connectivity index (χ2v) is 6.34. The molecule has 0 saturated heterocycles. The zero-order valence-electron chi connectivity index (χ0n) is 12.0. The fourth-order valence-electron chi connectivity index (χ4n) is 2.61. The minimum Gasteiger partial charge on any atom is -0.399 e. The summed E-state index contributed by atoms with van der Waals surface area (Å²) >= 11 is 1.67. The molecule has 21 heavy (non-hydrogen) atoms. The smallest absolute Gasteiger partial charge is 0.240 e. The average molecular weight is 298 g/mol. The van der Waals surface area contributed by atoms with Gasteiger partial charge < -0.3 is 10.6 Å². The van der Waals surface area contributed by atoms with E-state index >= 15 is 0 Å². The van der Waals surface area contributed by atoms with Gasteiger partial charge in [0.15, 0.2) is 0 Å². The molecule has 2 aromatic carbocycles. The highest BCUT2D eigenvalue weighted by Crippen LogP contribution is 2.38. The molecular formula is C17H18N2OS. The molecule has 0 aliphatic carbocycles. The first-order chi connectivity index (χ1) is 10.2. The second-order valence-electron chi connectivity index (χ2n) is 5.09. The first kappa shape index (κ1) is 14.0. The van der Waals surface area contributed by atoms with E-state index < -0.39 is 0 Å². The number of carbonyl (C=O) groups excluding carboxylic acids is 1. The van der Waals surface area contributed by atoms with Gasteiger partial charge in [0.2, 0.25) is 5.91 Å². The maximum Gasteiger partial charge on any atom is 0.240 e. The molecule has 2 aromatic rings. The van der Waals surface area contributed by atoms with Crippen molar-refractivity contribution in [2.45, 2.75) is 23.5 Å². The van der Waals surface area contributed by atoms with E-state index in [1.807, 2.05) is 48.2 Å². The lowest BCUT2D eigenvalue weighted by atomic mass is 10.1. The zero-order chi connectivity index (χ0) is 14.8. The van der Waals surface area contributed by atoms with Crippen LogP contribution < -0.4 is 10.6 Å². The molecule has 1 aliphatic heterocycles. The third-order valence-electron chi connectivity index (χ3n) is 3.71. The normalized spacial score (nSPS) is 16.5. The number of hydrogen-bond donors (Lipinski definition) is 1. The van der Waals surface area contributed by atoms with Crippen LogP contribution in [0.3, 0.4) is 0 Å². The Balaban J connectivity index is 1.80. The minimum absolute atomic E-state index is 0.0279. The highest BCUT2D eigenvalue weighted by atomic mass is 32.2. The molecular weight excluding hydrogens is 280 g/mol. The maximum atomic E-state index is 12.8. The SMILES string of the molecule is CCN(C(=O)C1Cc2ccccc2S1)c1ccc(N)cc1. The highest BCUT2D eigenvalue weighted by molar-refractivity contribution is 8.01. The molecule has 108 valence electrons. The van der Waals surface area contributed by atoms with Crippen molar-refractivity contribution in [3.8, 4) is 0 Å². The van der Waals surface area contributed by atoms with Gasteiger partial charge in [0.05, 0.1) is 5.25 Å². The topological polar surface area (TPSA) is 46.3 Å². The lowest BCUT2D eigenvalue weighted by Gasteiger charge is -2.24. The first-order valence-electron chi connectivity index (χ1n) is 7.10. The number of nitrogen functional groups attached to an aromatic ring is 1. The van der Waals surface area contributed by atoms with Gasteiger partial charge in [-0.25, -0.2) is 0 Å². The average Bonchev–Trinajstić information content (AvgIpc) is 2.93. The summed E-state index contributed by atoms with van der Waals surface area (Å²) in [6.07, 6.45) is 0.811. The van der Waals surface area contributed by atoms with Gasteiger partial charge in [-0.3, -0.25) is 4.79 Å². The monoisotopic (exact) mass is 298 g/mol. The molecule has 0 fully saturated rings. The number of anilines is 2. The van der Waals surface area contributed by atoms with Crippen LogP contribution in [0.5, 0.6) is 0 Å². The second kappa shape index (κ2) is 5.82. The molecule has 2 N–H and O–H groups in total. The fourth-order valence-corrected chi connectivity index (χ4v) is 3.87. The van der Waals surface area contributed by atoms with Gasteiger partial charge in [-0.05, 0) is 49.2 Å². The van der Waals surface area contributed by atoms with Crippen LogP contribution in [0.2, 0.25) is 0 Å². The predicted molar refractivity (Wildman–Crippen MR) is 88.7 cm³/mol. The van der Waals surface area contributed by atoms with E-state index in [-0.39, 0.29) is 11.2 Å². The predicted octanol–water partition coefficient (Wildman–Crippen LogP) is 3.34. The molecule has 0 aromatic heterocycles. The zero-order valence-corrected chi connectivity index (χ0v) is 12.8. The number of nitrogens with two attached hydrogens (primary N) is 1. The van der Waals surface area contributed by atoms with Crippen LogP contribution in [0.4, 0.5) is 11.4 Å². The molecule has 1 atom stereocenters. The van der Waals surface area contributed by atoms with Crippen molar-refractivity contribution < 1.29 is 4.79 Å². The van der Waals surface area contributed by atoms with Crippen molar-refractivity contribution in [3.63, 3.8) is 0 Å². The third-order valence-corrected chi connectivity index (χ3v) is 5.01. The molecule has 1 unspecified atom stereocenters. The molecule has 0 radical (unpaired) electrons. The molecule has 1 aliphatic rings. The van der Waals surface area contributed by atoms with E-state index in [9.17, 15) is 4.79 Å². The summed E-state index contributed by atoms with van der Waals surface area (Å²) in [5.74, 6) is 0.170. The Hall–Kier alpha value is -1.94. The quantitative estimate of drug-likeness (QED) is 0.884. The van der Waals surface area contributed by atoms with E-state index in [2.05, 4.69) is 12.1 Å². The summed E-state index contributed by atoms with van der Waals surface area (Å²) in [6.45, 7) is 2.66. The fraction of sp³-hybridized carbons (Fsp3) is 0.235. The highest BCUT2D eigenvalue weighted by Gasteiger charge is 2.31. The maximum absolute atomic E-state index is 12.8. The Bertz CT molecular complexity index is 629. The van der Waals surface area contributed by atoms with E-state index in [0.717, 1.165) is 12.1 Å². The Morgan fingerprint density at radius 2 is 1.95 bits per heavy atom. The van der Waals surface area contributed by atoms with Gasteiger partial charge >= 0.3 is 0 Å².